The third-order valence-electron chi connectivity index (χ3n) is 7.81. The summed E-state index contributed by atoms with van der Waals surface area (Å²) >= 11 is 12.9. The van der Waals surface area contributed by atoms with Crippen LogP contribution in [0.2, 0.25) is 10.0 Å². The normalized spacial score (nSPS) is 22.7. The molecule has 0 bridgehead atoms. The van der Waals surface area contributed by atoms with Crippen molar-refractivity contribution in [1.29, 1.82) is 5.26 Å². The first kappa shape index (κ1) is 24.2. The van der Waals surface area contributed by atoms with Gasteiger partial charge >= 0.3 is 0 Å². The molecule has 37 heavy (non-hydrogen) atoms. The number of halogens is 2. The van der Waals surface area contributed by atoms with Gasteiger partial charge in [0.25, 0.3) is 0 Å². The fourth-order valence-corrected chi connectivity index (χ4v) is 6.36. The smallest absolute Gasteiger partial charge is 0.224 e. The van der Waals surface area contributed by atoms with Gasteiger partial charge in [0, 0.05) is 23.4 Å². The summed E-state index contributed by atoms with van der Waals surface area (Å²) in [6, 6.07) is 5.53. The highest BCUT2D eigenvalue weighted by molar-refractivity contribution is 6.39. The summed E-state index contributed by atoms with van der Waals surface area (Å²) in [5.74, 6) is 0.692. The average Bonchev–Trinajstić information content (AvgIpc) is 3.19. The van der Waals surface area contributed by atoms with Crippen molar-refractivity contribution in [3.05, 3.63) is 33.9 Å². The van der Waals surface area contributed by atoms with Gasteiger partial charge in [0.15, 0.2) is 5.65 Å². The van der Waals surface area contributed by atoms with Crippen molar-refractivity contribution >= 4 is 57.9 Å². The first-order valence-corrected chi connectivity index (χ1v) is 13.1. The second-order valence-corrected chi connectivity index (χ2v) is 11.2. The molecule has 3 aromatic rings. The number of nitrogens with two attached hydrogens (primary N) is 1. The number of nitrogens with zero attached hydrogens (tertiary/aromatic N) is 5. The number of rotatable bonds is 6. The molecule has 1 amide bonds. The monoisotopic (exact) mass is 540 g/mol. The van der Waals surface area contributed by atoms with Crippen molar-refractivity contribution in [3.63, 3.8) is 0 Å². The minimum atomic E-state index is -0.257. The second-order valence-electron chi connectivity index (χ2n) is 10.4. The first-order chi connectivity index (χ1) is 17.8. The standard InChI is InChI=1S/C25H26Cl2N8O2/c26-17-5-13(9-28)6-18(27)20(17)33-24-32-19-10-30-23(31-15-7-25(8-15)11-37-12-25)34-22(19)35(24)16-3-1-14(2-4-16)21(29)36/h5-6,10,14-16H,1-4,7-8,11-12H2,(H2,29,36)(H,32,33)(H,30,31,34)/t14-,16+. The number of amides is 1. The number of imidazole rings is 1. The number of anilines is 3. The van der Waals surface area contributed by atoms with Crippen LogP contribution >= 0.6 is 23.2 Å². The lowest BCUT2D eigenvalue weighted by Gasteiger charge is -2.53. The minimum absolute atomic E-state index is 0.0425. The lowest BCUT2D eigenvalue weighted by atomic mass is 9.64. The number of ether oxygens (including phenoxy) is 1. The molecule has 0 atom stereocenters. The second kappa shape index (κ2) is 9.31. The van der Waals surface area contributed by atoms with Crippen molar-refractivity contribution in [2.45, 2.75) is 50.6 Å². The summed E-state index contributed by atoms with van der Waals surface area (Å²) in [6.07, 6.45) is 6.70. The molecule has 3 heterocycles. The Kier molecular flexibility index (Phi) is 6.10. The molecule has 0 radical (unpaired) electrons. The Hall–Kier alpha value is -3.13. The Morgan fingerprint density at radius 2 is 1.86 bits per heavy atom. The van der Waals surface area contributed by atoms with Crippen LogP contribution in [-0.2, 0) is 9.53 Å². The van der Waals surface area contributed by atoms with Gasteiger partial charge in [-0.2, -0.15) is 10.2 Å². The fraction of sp³-hybridized carbons (Fsp3) is 0.480. The van der Waals surface area contributed by atoms with Crippen molar-refractivity contribution in [1.82, 2.24) is 19.5 Å². The predicted molar refractivity (Wildman–Crippen MR) is 140 cm³/mol. The van der Waals surface area contributed by atoms with Gasteiger partial charge in [-0.3, -0.25) is 9.36 Å². The van der Waals surface area contributed by atoms with Gasteiger partial charge < -0.3 is 21.1 Å². The number of nitrogens with one attached hydrogen (secondary N) is 2. The Balaban J connectivity index is 1.34. The Labute approximate surface area is 223 Å². The number of carbonyl (C=O) groups excluding carboxylic acids is 1. The predicted octanol–water partition coefficient (Wildman–Crippen LogP) is 4.56. The molecule has 192 valence electrons. The van der Waals surface area contributed by atoms with Crippen LogP contribution < -0.4 is 16.4 Å². The van der Waals surface area contributed by atoms with E-state index in [-0.39, 0.29) is 17.9 Å². The quantitative estimate of drug-likeness (QED) is 0.412. The van der Waals surface area contributed by atoms with Crippen LogP contribution in [0.4, 0.5) is 17.6 Å². The van der Waals surface area contributed by atoms with E-state index in [4.69, 9.17) is 43.6 Å². The van der Waals surface area contributed by atoms with E-state index < -0.39 is 0 Å². The van der Waals surface area contributed by atoms with Gasteiger partial charge in [0.1, 0.15) is 5.52 Å². The van der Waals surface area contributed by atoms with Crippen molar-refractivity contribution < 1.29 is 9.53 Å². The topological polar surface area (TPSA) is 144 Å². The molecule has 10 nitrogen and oxygen atoms in total. The van der Waals surface area contributed by atoms with E-state index in [0.717, 1.165) is 38.9 Å². The molecular formula is C25H26Cl2N8O2. The SMILES string of the molecule is N#Cc1cc(Cl)c(Nc2nc3cnc(NC4CC5(COC5)C4)nc3n2[C@H]2CC[C@@H](C(N)=O)CC2)c(Cl)c1. The summed E-state index contributed by atoms with van der Waals surface area (Å²) in [7, 11) is 0. The molecule has 3 aliphatic rings. The molecule has 1 saturated heterocycles. The molecule has 3 fully saturated rings. The molecular weight excluding hydrogens is 515 g/mol. The molecule has 4 N–H and O–H groups in total. The summed E-state index contributed by atoms with van der Waals surface area (Å²) in [5, 5.41) is 16.6. The Morgan fingerprint density at radius 1 is 1.16 bits per heavy atom. The molecule has 0 unspecified atom stereocenters. The van der Waals surface area contributed by atoms with Crippen molar-refractivity contribution in [2.75, 3.05) is 23.8 Å². The zero-order valence-corrected chi connectivity index (χ0v) is 21.5. The number of fused-ring (bicyclic) bond motifs is 1. The highest BCUT2D eigenvalue weighted by Gasteiger charge is 2.50. The van der Waals surface area contributed by atoms with Crippen LogP contribution in [0.15, 0.2) is 18.3 Å². The van der Waals surface area contributed by atoms with Crippen molar-refractivity contribution in [2.24, 2.45) is 17.1 Å². The van der Waals surface area contributed by atoms with Gasteiger partial charge in [0.05, 0.1) is 46.8 Å². The third-order valence-corrected chi connectivity index (χ3v) is 8.41. The van der Waals surface area contributed by atoms with E-state index in [9.17, 15) is 10.1 Å². The number of carbonyl (C=O) groups is 1. The Morgan fingerprint density at radius 3 is 2.46 bits per heavy atom. The number of benzene rings is 1. The molecule has 12 heteroatoms. The molecule has 1 aliphatic heterocycles. The summed E-state index contributed by atoms with van der Waals surface area (Å²) in [4.78, 5) is 25.9. The Bertz CT molecular complexity index is 1390. The van der Waals surface area contributed by atoms with Crippen LogP contribution in [0.1, 0.15) is 50.1 Å². The lowest BCUT2D eigenvalue weighted by Crippen LogP contribution is -2.56. The maximum Gasteiger partial charge on any atom is 0.224 e. The molecule has 2 saturated carbocycles. The largest absolute Gasteiger partial charge is 0.380 e. The van der Waals surface area contributed by atoms with E-state index in [2.05, 4.69) is 21.7 Å². The van der Waals surface area contributed by atoms with Gasteiger partial charge in [-0.15, -0.1) is 0 Å². The minimum Gasteiger partial charge on any atom is -0.380 e. The highest BCUT2D eigenvalue weighted by atomic mass is 35.5. The number of hydrogen-bond donors (Lipinski definition) is 3. The lowest BCUT2D eigenvalue weighted by molar-refractivity contribution is -0.160. The number of primary amides is 1. The highest BCUT2D eigenvalue weighted by Crippen LogP contribution is 2.48. The van der Waals surface area contributed by atoms with Gasteiger partial charge in [-0.25, -0.2) is 9.97 Å². The van der Waals surface area contributed by atoms with E-state index in [1.807, 2.05) is 4.57 Å². The number of hydrogen-bond acceptors (Lipinski definition) is 8. The maximum atomic E-state index is 11.8. The van der Waals surface area contributed by atoms with E-state index in [1.54, 1.807) is 18.3 Å². The average molecular weight is 541 g/mol. The van der Waals surface area contributed by atoms with Crippen LogP contribution in [0, 0.1) is 22.7 Å². The van der Waals surface area contributed by atoms with Gasteiger partial charge in [-0.05, 0) is 50.7 Å². The summed E-state index contributed by atoms with van der Waals surface area (Å²) < 4.78 is 7.43. The third kappa shape index (κ3) is 4.45. The van der Waals surface area contributed by atoms with E-state index in [1.165, 1.54) is 0 Å². The zero-order valence-electron chi connectivity index (χ0n) is 20.0. The summed E-state index contributed by atoms with van der Waals surface area (Å²) in [5.41, 5.74) is 8.04. The molecule has 6 rings (SSSR count). The van der Waals surface area contributed by atoms with Crippen LogP contribution in [0.5, 0.6) is 0 Å². The van der Waals surface area contributed by atoms with Crippen LogP contribution in [0.25, 0.3) is 11.2 Å². The van der Waals surface area contributed by atoms with E-state index in [0.29, 0.717) is 68.7 Å². The number of nitriles is 1. The van der Waals surface area contributed by atoms with Crippen LogP contribution in [-0.4, -0.2) is 44.7 Å². The van der Waals surface area contributed by atoms with Crippen LogP contribution in [0.3, 0.4) is 0 Å². The number of aromatic nitrogens is 4. The molecule has 2 aliphatic carbocycles. The van der Waals surface area contributed by atoms with Crippen molar-refractivity contribution in [3.8, 4) is 6.07 Å². The molecule has 1 spiro atoms. The maximum absolute atomic E-state index is 11.8. The summed E-state index contributed by atoms with van der Waals surface area (Å²) in [6.45, 7) is 1.67. The fourth-order valence-electron chi connectivity index (χ4n) is 5.78. The molecule has 2 aromatic heterocycles. The van der Waals surface area contributed by atoms with Gasteiger partial charge in [0.2, 0.25) is 17.8 Å². The zero-order chi connectivity index (χ0) is 25.7. The first-order valence-electron chi connectivity index (χ1n) is 12.4. The van der Waals surface area contributed by atoms with E-state index >= 15 is 0 Å². The van der Waals surface area contributed by atoms with Gasteiger partial charge in [-0.1, -0.05) is 23.2 Å². The molecule has 1 aromatic carbocycles.